The van der Waals surface area contributed by atoms with Gasteiger partial charge < -0.3 is 15.0 Å². The van der Waals surface area contributed by atoms with Crippen LogP contribution in [0.4, 0.5) is 5.82 Å². The summed E-state index contributed by atoms with van der Waals surface area (Å²) in [5.74, 6) is 2.17. The maximum atomic E-state index is 12.6. The number of nitrogens with one attached hydrogen (secondary N) is 1. The van der Waals surface area contributed by atoms with Gasteiger partial charge in [-0.15, -0.1) is 0 Å². The van der Waals surface area contributed by atoms with Crippen LogP contribution in [0.5, 0.6) is 11.6 Å². The number of nitrogens with zero attached hydrogens (tertiary/aromatic N) is 3. The van der Waals surface area contributed by atoms with E-state index in [1.165, 1.54) is 11.9 Å². The van der Waals surface area contributed by atoms with Crippen molar-refractivity contribution in [3.05, 3.63) is 77.1 Å². The van der Waals surface area contributed by atoms with Crippen molar-refractivity contribution in [3.8, 4) is 11.6 Å². The van der Waals surface area contributed by atoms with Gasteiger partial charge in [0.1, 0.15) is 17.9 Å². The first kappa shape index (κ1) is 22.1. The van der Waals surface area contributed by atoms with Crippen molar-refractivity contribution in [1.82, 2.24) is 15.3 Å². The van der Waals surface area contributed by atoms with E-state index in [0.717, 1.165) is 49.5 Å². The predicted octanol–water partition coefficient (Wildman–Crippen LogP) is 5.02. The summed E-state index contributed by atoms with van der Waals surface area (Å²) in [4.78, 5) is 23.4. The van der Waals surface area contributed by atoms with Crippen LogP contribution in [0.3, 0.4) is 0 Å². The van der Waals surface area contributed by atoms with Crippen LogP contribution >= 0.6 is 11.6 Å². The van der Waals surface area contributed by atoms with Gasteiger partial charge in [-0.25, -0.2) is 9.97 Å². The molecule has 2 heterocycles. The van der Waals surface area contributed by atoms with Gasteiger partial charge in [-0.05, 0) is 54.7 Å². The third-order valence-corrected chi connectivity index (χ3v) is 5.96. The lowest BCUT2D eigenvalue weighted by Gasteiger charge is -2.32. The molecule has 0 saturated carbocycles. The first-order valence-electron chi connectivity index (χ1n) is 11.0. The number of carbonyl (C=O) groups is 1. The number of aryl methyl sites for hydroxylation is 1. The van der Waals surface area contributed by atoms with Crippen LogP contribution in [0.1, 0.15) is 30.9 Å². The van der Waals surface area contributed by atoms with E-state index in [-0.39, 0.29) is 11.8 Å². The molecule has 1 fully saturated rings. The van der Waals surface area contributed by atoms with Crippen molar-refractivity contribution in [2.45, 2.75) is 32.7 Å². The minimum atomic E-state index is 0.0000667. The summed E-state index contributed by atoms with van der Waals surface area (Å²) in [5, 5.41) is 3.71. The van der Waals surface area contributed by atoms with Gasteiger partial charge in [0.05, 0.1) is 0 Å². The lowest BCUT2D eigenvalue weighted by atomic mass is 9.96. The Labute approximate surface area is 193 Å². The Morgan fingerprint density at radius 1 is 1.09 bits per heavy atom. The lowest BCUT2D eigenvalue weighted by Crippen LogP contribution is -2.40. The van der Waals surface area contributed by atoms with Crippen LogP contribution < -0.4 is 15.0 Å². The Kier molecular flexibility index (Phi) is 7.22. The first-order valence-corrected chi connectivity index (χ1v) is 11.3. The maximum Gasteiger partial charge on any atom is 0.224 e. The quantitative estimate of drug-likeness (QED) is 0.547. The minimum Gasteiger partial charge on any atom is -0.439 e. The zero-order valence-electron chi connectivity index (χ0n) is 18.1. The Balaban J connectivity index is 1.29. The van der Waals surface area contributed by atoms with Crippen LogP contribution in [0.2, 0.25) is 5.02 Å². The van der Waals surface area contributed by atoms with Crippen molar-refractivity contribution in [1.29, 1.82) is 0 Å². The van der Waals surface area contributed by atoms with Crippen LogP contribution in [-0.4, -0.2) is 29.0 Å². The number of halogens is 1. The van der Waals surface area contributed by atoms with E-state index in [4.69, 9.17) is 16.3 Å². The molecule has 0 unspecified atom stereocenters. The largest absolute Gasteiger partial charge is 0.439 e. The molecule has 0 spiro atoms. The van der Waals surface area contributed by atoms with Crippen molar-refractivity contribution in [2.24, 2.45) is 5.92 Å². The highest BCUT2D eigenvalue weighted by Crippen LogP contribution is 2.26. The lowest BCUT2D eigenvalue weighted by molar-refractivity contribution is -0.125. The monoisotopic (exact) mass is 450 g/mol. The number of rotatable bonds is 7. The van der Waals surface area contributed by atoms with Gasteiger partial charge >= 0.3 is 0 Å². The summed E-state index contributed by atoms with van der Waals surface area (Å²) < 4.78 is 5.90. The molecule has 0 bridgehead atoms. The number of benzene rings is 2. The van der Waals surface area contributed by atoms with Gasteiger partial charge in [-0.3, -0.25) is 4.79 Å². The molecule has 32 heavy (non-hydrogen) atoms. The Bertz CT molecular complexity index is 1050. The summed E-state index contributed by atoms with van der Waals surface area (Å²) in [7, 11) is 0. The fourth-order valence-electron chi connectivity index (χ4n) is 3.82. The molecule has 0 atom stereocenters. The number of hydrogen-bond acceptors (Lipinski definition) is 5. The second-order valence-corrected chi connectivity index (χ2v) is 8.36. The van der Waals surface area contributed by atoms with E-state index >= 15 is 0 Å². The maximum absolute atomic E-state index is 12.6. The zero-order valence-corrected chi connectivity index (χ0v) is 18.9. The summed E-state index contributed by atoms with van der Waals surface area (Å²) >= 11 is 6.01. The van der Waals surface area contributed by atoms with Crippen molar-refractivity contribution in [3.63, 3.8) is 0 Å². The fourth-order valence-corrected chi connectivity index (χ4v) is 4.04. The molecule has 1 saturated heterocycles. The Hall–Kier alpha value is -3.12. The molecule has 6 nitrogen and oxygen atoms in total. The molecule has 2 aromatic carbocycles. The fraction of sp³-hybridized carbons (Fsp3) is 0.320. The van der Waals surface area contributed by atoms with Gasteiger partial charge in [0.15, 0.2) is 0 Å². The number of anilines is 1. The molecule has 0 aliphatic carbocycles. The summed E-state index contributed by atoms with van der Waals surface area (Å²) in [6.45, 7) is 4.14. The highest BCUT2D eigenvalue weighted by atomic mass is 35.5. The molecule has 4 rings (SSSR count). The van der Waals surface area contributed by atoms with Crippen LogP contribution in [0.15, 0.2) is 60.9 Å². The second-order valence-electron chi connectivity index (χ2n) is 7.92. The molecule has 7 heteroatoms. The number of aromatic nitrogens is 2. The Morgan fingerprint density at radius 3 is 2.59 bits per heavy atom. The molecule has 1 aliphatic heterocycles. The van der Waals surface area contributed by atoms with Gasteiger partial charge in [0.25, 0.3) is 0 Å². The Morgan fingerprint density at radius 2 is 1.88 bits per heavy atom. The number of amides is 1. The SMILES string of the molecule is CCc1ccc(Oc2cc(N3CCC(C(=O)NCc4cccc(Cl)c4)CC3)ncn2)cc1. The third-order valence-electron chi connectivity index (χ3n) is 5.73. The van der Waals surface area contributed by atoms with E-state index in [2.05, 4.69) is 39.2 Å². The average molecular weight is 451 g/mol. The third kappa shape index (κ3) is 5.77. The molecule has 1 aliphatic rings. The molecular formula is C25H27ClN4O2. The molecule has 166 valence electrons. The van der Waals surface area contributed by atoms with Crippen LogP contribution in [-0.2, 0) is 17.8 Å². The molecular weight excluding hydrogens is 424 g/mol. The molecule has 1 N–H and O–H groups in total. The highest BCUT2D eigenvalue weighted by Gasteiger charge is 2.25. The van der Waals surface area contributed by atoms with Crippen LogP contribution in [0, 0.1) is 5.92 Å². The molecule has 1 amide bonds. The standard InChI is InChI=1S/C25H27ClN4O2/c1-2-18-6-8-22(9-7-18)32-24-15-23(28-17-29-24)30-12-10-20(11-13-30)25(31)27-16-19-4-3-5-21(26)14-19/h3-9,14-15,17,20H,2,10-13,16H2,1H3,(H,27,31). The predicted molar refractivity (Wildman–Crippen MR) is 126 cm³/mol. The number of carbonyl (C=O) groups excluding carboxylic acids is 1. The molecule has 3 aromatic rings. The van der Waals surface area contributed by atoms with Gasteiger partial charge in [-0.1, -0.05) is 42.8 Å². The van der Waals surface area contributed by atoms with Crippen LogP contribution in [0.25, 0.3) is 0 Å². The topological polar surface area (TPSA) is 67.3 Å². The average Bonchev–Trinajstić information content (AvgIpc) is 2.83. The highest BCUT2D eigenvalue weighted by molar-refractivity contribution is 6.30. The van der Waals surface area contributed by atoms with Crippen molar-refractivity contribution >= 4 is 23.3 Å². The second kappa shape index (κ2) is 10.5. The van der Waals surface area contributed by atoms with Gasteiger partial charge in [-0.2, -0.15) is 0 Å². The van der Waals surface area contributed by atoms with E-state index < -0.39 is 0 Å². The first-order chi connectivity index (χ1) is 15.6. The minimum absolute atomic E-state index is 0.0000667. The zero-order chi connectivity index (χ0) is 22.3. The van der Waals surface area contributed by atoms with E-state index in [0.29, 0.717) is 17.4 Å². The van der Waals surface area contributed by atoms with E-state index in [9.17, 15) is 4.79 Å². The van der Waals surface area contributed by atoms with Gasteiger partial charge in [0.2, 0.25) is 11.8 Å². The number of hydrogen-bond donors (Lipinski definition) is 1. The van der Waals surface area contributed by atoms with E-state index in [1.807, 2.05) is 42.5 Å². The van der Waals surface area contributed by atoms with E-state index in [1.54, 1.807) is 0 Å². The summed E-state index contributed by atoms with van der Waals surface area (Å²) in [6.07, 6.45) is 4.07. The number of ether oxygens (including phenoxy) is 1. The smallest absolute Gasteiger partial charge is 0.224 e. The summed E-state index contributed by atoms with van der Waals surface area (Å²) in [6, 6.07) is 17.4. The van der Waals surface area contributed by atoms with Crippen molar-refractivity contribution in [2.75, 3.05) is 18.0 Å². The molecule has 1 aromatic heterocycles. The normalized spacial score (nSPS) is 14.2. The van der Waals surface area contributed by atoms with Crippen molar-refractivity contribution < 1.29 is 9.53 Å². The summed E-state index contributed by atoms with van der Waals surface area (Å²) in [5.41, 5.74) is 2.27. The van der Waals surface area contributed by atoms with Gasteiger partial charge in [0, 0.05) is 36.6 Å². The molecule has 0 radical (unpaired) electrons. The number of piperidine rings is 1.